The molecule has 2 amide bonds. The fourth-order valence-corrected chi connectivity index (χ4v) is 1.64. The number of anilines is 1. The summed E-state index contributed by atoms with van der Waals surface area (Å²) in [5.41, 5.74) is 0.0452. The number of carboxylic acids is 1. The van der Waals surface area contributed by atoms with Crippen LogP contribution >= 0.6 is 0 Å². The smallest absolute Gasteiger partial charge is 0.356 e. The van der Waals surface area contributed by atoms with Gasteiger partial charge in [0.1, 0.15) is 0 Å². The van der Waals surface area contributed by atoms with Crippen molar-refractivity contribution in [1.29, 1.82) is 0 Å². The summed E-state index contributed by atoms with van der Waals surface area (Å²) in [5, 5.41) is 14.1. The topological polar surface area (TPSA) is 91.3 Å². The van der Waals surface area contributed by atoms with Gasteiger partial charge >= 0.3 is 12.0 Å². The zero-order valence-electron chi connectivity index (χ0n) is 9.85. The van der Waals surface area contributed by atoms with Crippen LogP contribution in [0.5, 0.6) is 0 Å². The molecule has 96 valence electrons. The van der Waals surface area contributed by atoms with Crippen LogP contribution in [-0.2, 0) is 0 Å². The molecule has 1 aliphatic rings. The summed E-state index contributed by atoms with van der Waals surface area (Å²) in [6, 6.07) is 2.69. The molecule has 1 aromatic heterocycles. The predicted molar refractivity (Wildman–Crippen MR) is 65.6 cm³/mol. The fourth-order valence-electron chi connectivity index (χ4n) is 1.64. The van der Waals surface area contributed by atoms with Crippen LogP contribution < -0.4 is 10.6 Å². The lowest BCUT2D eigenvalue weighted by atomic mass is 10.3. The van der Waals surface area contributed by atoms with Gasteiger partial charge in [-0.1, -0.05) is 12.8 Å². The van der Waals surface area contributed by atoms with E-state index in [1.807, 2.05) is 0 Å². The number of nitrogens with one attached hydrogen (secondary N) is 2. The lowest BCUT2D eigenvalue weighted by Crippen LogP contribution is -2.30. The Morgan fingerprint density at radius 1 is 1.44 bits per heavy atom. The maximum Gasteiger partial charge on any atom is 0.356 e. The largest absolute Gasteiger partial charge is 0.476 e. The normalized spacial score (nSPS) is 14.0. The molecule has 3 N–H and O–H groups in total. The van der Waals surface area contributed by atoms with E-state index >= 15 is 0 Å². The summed E-state index contributed by atoms with van der Waals surface area (Å²) in [5.74, 6) is -0.415. The minimum Gasteiger partial charge on any atom is -0.476 e. The number of pyridine rings is 1. The van der Waals surface area contributed by atoms with E-state index in [4.69, 9.17) is 5.11 Å². The van der Waals surface area contributed by atoms with E-state index in [1.165, 1.54) is 25.1 Å². The first-order chi connectivity index (χ1) is 8.66. The Balaban J connectivity index is 1.87. The van der Waals surface area contributed by atoms with Gasteiger partial charge in [-0.05, 0) is 24.5 Å². The lowest BCUT2D eigenvalue weighted by Gasteiger charge is -2.08. The third kappa shape index (κ3) is 3.44. The van der Waals surface area contributed by atoms with E-state index in [0.29, 0.717) is 6.54 Å². The molecule has 6 nitrogen and oxygen atoms in total. The Labute approximate surface area is 104 Å². The van der Waals surface area contributed by atoms with Crippen LogP contribution in [0.4, 0.5) is 10.5 Å². The van der Waals surface area contributed by atoms with Crippen LogP contribution in [0.2, 0.25) is 0 Å². The van der Waals surface area contributed by atoms with E-state index in [1.54, 1.807) is 6.07 Å². The molecule has 0 atom stereocenters. The number of urea groups is 1. The summed E-state index contributed by atoms with van der Waals surface area (Å²) >= 11 is 0. The second kappa shape index (κ2) is 5.48. The van der Waals surface area contributed by atoms with Crippen molar-refractivity contribution >= 4 is 17.7 Å². The van der Waals surface area contributed by atoms with Crippen molar-refractivity contribution in [3.63, 3.8) is 0 Å². The molecule has 18 heavy (non-hydrogen) atoms. The summed E-state index contributed by atoms with van der Waals surface area (Å²) in [7, 11) is 0. The minimum absolute atomic E-state index is 0.158. The third-order valence-corrected chi connectivity index (χ3v) is 2.79. The van der Waals surface area contributed by atoms with Gasteiger partial charge in [0.25, 0.3) is 0 Å². The van der Waals surface area contributed by atoms with Gasteiger partial charge in [-0.25, -0.2) is 14.6 Å². The highest BCUT2D eigenvalue weighted by Crippen LogP contribution is 2.31. The first kappa shape index (κ1) is 12.3. The number of aromatic carboxylic acids is 1. The molecule has 1 aliphatic carbocycles. The van der Waals surface area contributed by atoms with Crippen molar-refractivity contribution in [3.05, 3.63) is 24.0 Å². The molecular formula is C12H15N3O3. The highest BCUT2D eigenvalue weighted by Gasteiger charge is 2.20. The molecule has 0 radical (unpaired) electrons. The van der Waals surface area contributed by atoms with Crippen LogP contribution in [-0.4, -0.2) is 28.6 Å². The summed E-state index contributed by atoms with van der Waals surface area (Å²) < 4.78 is 0. The number of rotatable bonds is 5. The summed E-state index contributed by atoms with van der Waals surface area (Å²) in [6.07, 6.45) is 4.84. The van der Waals surface area contributed by atoms with Crippen molar-refractivity contribution in [2.24, 2.45) is 5.92 Å². The van der Waals surface area contributed by atoms with Gasteiger partial charge in [0, 0.05) is 12.7 Å². The third-order valence-electron chi connectivity index (χ3n) is 2.79. The lowest BCUT2D eigenvalue weighted by molar-refractivity contribution is 0.0692. The van der Waals surface area contributed by atoms with Crippen LogP contribution in [0.3, 0.4) is 0 Å². The van der Waals surface area contributed by atoms with Crippen LogP contribution in [0.15, 0.2) is 18.3 Å². The fraction of sp³-hybridized carbons (Fsp3) is 0.417. The zero-order valence-corrected chi connectivity index (χ0v) is 9.85. The molecule has 0 aromatic carbocycles. The zero-order chi connectivity index (χ0) is 13.0. The molecule has 0 aliphatic heterocycles. The molecule has 0 bridgehead atoms. The Morgan fingerprint density at radius 2 is 2.22 bits per heavy atom. The van der Waals surface area contributed by atoms with Gasteiger partial charge in [-0.3, -0.25) is 0 Å². The van der Waals surface area contributed by atoms with E-state index < -0.39 is 12.0 Å². The first-order valence-corrected chi connectivity index (χ1v) is 5.90. The maximum absolute atomic E-state index is 11.5. The molecular weight excluding hydrogens is 234 g/mol. The second-order valence-electron chi connectivity index (χ2n) is 4.32. The van der Waals surface area contributed by atoms with E-state index in [9.17, 15) is 9.59 Å². The Kier molecular flexibility index (Phi) is 3.76. The molecule has 1 saturated carbocycles. The van der Waals surface area contributed by atoms with Gasteiger partial charge in [0.15, 0.2) is 5.69 Å². The number of nitrogens with zero attached hydrogens (tertiary/aromatic N) is 1. The quantitative estimate of drug-likeness (QED) is 0.740. The molecule has 2 rings (SSSR count). The van der Waals surface area contributed by atoms with Crippen molar-refractivity contribution in [3.8, 4) is 0 Å². The number of carbonyl (C=O) groups is 2. The average Bonchev–Trinajstić information content (AvgIpc) is 3.13. The molecule has 0 saturated heterocycles. The number of hydrogen-bond donors (Lipinski definition) is 3. The van der Waals surface area contributed by atoms with Crippen LogP contribution in [0.1, 0.15) is 29.8 Å². The predicted octanol–water partition coefficient (Wildman–Crippen LogP) is 1.70. The van der Waals surface area contributed by atoms with E-state index in [2.05, 4.69) is 15.6 Å². The summed E-state index contributed by atoms with van der Waals surface area (Å²) in [4.78, 5) is 26.1. The number of aromatic nitrogens is 1. The highest BCUT2D eigenvalue weighted by molar-refractivity contribution is 5.98. The standard InChI is InChI=1S/C12H15N3O3/c16-11(17)10-9(2-1-6-13-10)15-12(18)14-7-5-8-3-4-8/h1-2,6,8H,3-5,7H2,(H,16,17)(H2,14,15,18). The molecule has 1 fully saturated rings. The van der Waals surface area contributed by atoms with E-state index in [0.717, 1.165) is 12.3 Å². The van der Waals surface area contributed by atoms with Gasteiger partial charge < -0.3 is 15.7 Å². The van der Waals surface area contributed by atoms with Crippen molar-refractivity contribution < 1.29 is 14.7 Å². The average molecular weight is 249 g/mol. The van der Waals surface area contributed by atoms with Gasteiger partial charge in [-0.2, -0.15) is 0 Å². The Hall–Kier alpha value is -2.11. The minimum atomic E-state index is -1.16. The van der Waals surface area contributed by atoms with Crippen LogP contribution in [0, 0.1) is 5.92 Å². The summed E-state index contributed by atoms with van der Waals surface area (Å²) in [6.45, 7) is 0.610. The number of amides is 2. The Morgan fingerprint density at radius 3 is 2.89 bits per heavy atom. The number of carbonyl (C=O) groups excluding carboxylic acids is 1. The molecule has 0 unspecified atom stereocenters. The molecule has 0 spiro atoms. The molecule has 1 aromatic rings. The van der Waals surface area contributed by atoms with Crippen molar-refractivity contribution in [1.82, 2.24) is 10.3 Å². The molecule has 6 heteroatoms. The SMILES string of the molecule is O=C(NCCC1CC1)Nc1cccnc1C(=O)O. The van der Waals surface area contributed by atoms with Crippen molar-refractivity contribution in [2.75, 3.05) is 11.9 Å². The van der Waals surface area contributed by atoms with Gasteiger partial charge in [-0.15, -0.1) is 0 Å². The number of carboxylic acid groups (broad SMARTS) is 1. The number of hydrogen-bond acceptors (Lipinski definition) is 3. The van der Waals surface area contributed by atoms with E-state index in [-0.39, 0.29) is 11.4 Å². The second-order valence-corrected chi connectivity index (χ2v) is 4.32. The van der Waals surface area contributed by atoms with Gasteiger partial charge in [0.05, 0.1) is 5.69 Å². The van der Waals surface area contributed by atoms with Crippen LogP contribution in [0.25, 0.3) is 0 Å². The maximum atomic E-state index is 11.5. The molecule has 1 heterocycles. The monoisotopic (exact) mass is 249 g/mol. The highest BCUT2D eigenvalue weighted by atomic mass is 16.4. The Bertz CT molecular complexity index is 458. The first-order valence-electron chi connectivity index (χ1n) is 5.90. The van der Waals surface area contributed by atoms with Crippen molar-refractivity contribution in [2.45, 2.75) is 19.3 Å². The van der Waals surface area contributed by atoms with Gasteiger partial charge in [0.2, 0.25) is 0 Å².